The zero-order valence-corrected chi connectivity index (χ0v) is 21.4. The third-order valence-corrected chi connectivity index (χ3v) is 9.09. The molecule has 5 nitrogen and oxygen atoms in total. The second-order valence-corrected chi connectivity index (χ2v) is 11.3. The third-order valence-electron chi connectivity index (χ3n) is 9.09. The van der Waals surface area contributed by atoms with Crippen LogP contribution in [0, 0.1) is 5.92 Å². The molecule has 0 spiro atoms. The van der Waals surface area contributed by atoms with Crippen LogP contribution in [-0.2, 0) is 21.5 Å². The van der Waals surface area contributed by atoms with Gasteiger partial charge in [-0.3, -0.25) is 9.88 Å². The monoisotopic (exact) mass is 476 g/mol. The summed E-state index contributed by atoms with van der Waals surface area (Å²) >= 11 is 0. The number of quaternary nitrogens is 1. The fourth-order valence-electron chi connectivity index (χ4n) is 6.80. The Morgan fingerprint density at radius 2 is 1.80 bits per heavy atom. The molecule has 1 unspecified atom stereocenters. The molecule has 0 saturated carbocycles. The Morgan fingerprint density at radius 3 is 2.49 bits per heavy atom. The maximum Gasteiger partial charge on any atom is 0.331 e. The zero-order valence-electron chi connectivity index (χ0n) is 21.4. The van der Waals surface area contributed by atoms with Crippen LogP contribution < -0.4 is 0 Å². The molecule has 5 heteroatoms. The Morgan fingerprint density at radius 1 is 1.06 bits per heavy atom. The number of hydrogen-bond acceptors (Lipinski definition) is 4. The van der Waals surface area contributed by atoms with E-state index in [1.807, 2.05) is 24.5 Å². The van der Waals surface area contributed by atoms with Gasteiger partial charge in [-0.25, -0.2) is 4.79 Å². The van der Waals surface area contributed by atoms with Gasteiger partial charge in [0, 0.05) is 37.6 Å². The Labute approximate surface area is 211 Å². The summed E-state index contributed by atoms with van der Waals surface area (Å²) in [4.78, 5) is 20.7. The van der Waals surface area contributed by atoms with Gasteiger partial charge in [0.25, 0.3) is 0 Å². The lowest BCUT2D eigenvalue weighted by Gasteiger charge is -2.52. The van der Waals surface area contributed by atoms with Crippen molar-refractivity contribution in [3.05, 3.63) is 66.0 Å². The Balaban J connectivity index is 1.29. The molecule has 0 N–H and O–H groups in total. The van der Waals surface area contributed by atoms with Crippen molar-refractivity contribution in [2.75, 3.05) is 39.3 Å². The molecule has 2 bridgehead atoms. The molecule has 4 saturated heterocycles. The van der Waals surface area contributed by atoms with Crippen molar-refractivity contribution >= 4 is 5.97 Å². The van der Waals surface area contributed by atoms with E-state index in [9.17, 15) is 4.79 Å². The van der Waals surface area contributed by atoms with Crippen LogP contribution in [0.3, 0.4) is 0 Å². The van der Waals surface area contributed by atoms with E-state index in [1.165, 1.54) is 44.3 Å². The van der Waals surface area contributed by atoms with Crippen LogP contribution in [0.1, 0.15) is 63.0 Å². The Bertz CT molecular complexity index is 950. The minimum atomic E-state index is -0.719. The van der Waals surface area contributed by atoms with E-state index >= 15 is 0 Å². The first-order valence-electron chi connectivity index (χ1n) is 13.8. The molecule has 0 amide bonds. The number of fused-ring (bicyclic) bond motifs is 3. The average Bonchev–Trinajstić information content (AvgIpc) is 3.20. The molecule has 35 heavy (non-hydrogen) atoms. The SMILES string of the molecule is CC(C(=O)O[C@@H]1C[N+]2(CCCc3cccnc3)CCC1CC2)(c1ccccc1)N1CCCCCC1. The molecule has 5 heterocycles. The summed E-state index contributed by atoms with van der Waals surface area (Å²) in [5.74, 6) is 0.472. The van der Waals surface area contributed by atoms with Gasteiger partial charge in [0.05, 0.1) is 19.6 Å². The summed E-state index contributed by atoms with van der Waals surface area (Å²) in [5.41, 5.74) is 1.66. The van der Waals surface area contributed by atoms with Crippen LogP contribution in [0.15, 0.2) is 54.9 Å². The van der Waals surface area contributed by atoms with Gasteiger partial charge in [0.15, 0.2) is 6.10 Å². The number of carbonyl (C=O) groups excluding carboxylic acids is 1. The molecule has 2 aromatic rings. The van der Waals surface area contributed by atoms with Gasteiger partial charge in [-0.05, 0) is 56.5 Å². The lowest BCUT2D eigenvalue weighted by molar-refractivity contribution is -0.946. The number of carbonyl (C=O) groups is 1. The summed E-state index contributed by atoms with van der Waals surface area (Å²) in [7, 11) is 0. The summed E-state index contributed by atoms with van der Waals surface area (Å²) in [6, 6.07) is 14.5. The maximum absolute atomic E-state index is 14.0. The van der Waals surface area contributed by atoms with Crippen molar-refractivity contribution in [3.63, 3.8) is 0 Å². The van der Waals surface area contributed by atoms with Crippen LogP contribution >= 0.6 is 0 Å². The van der Waals surface area contributed by atoms with E-state index in [1.54, 1.807) is 0 Å². The molecule has 4 aliphatic rings. The minimum absolute atomic E-state index is 0.0402. The highest BCUT2D eigenvalue weighted by Crippen LogP contribution is 2.38. The first kappa shape index (κ1) is 24.5. The number of benzene rings is 1. The topological polar surface area (TPSA) is 42.4 Å². The lowest BCUT2D eigenvalue weighted by Crippen LogP contribution is -2.65. The van der Waals surface area contributed by atoms with Gasteiger partial charge in [-0.15, -0.1) is 0 Å². The van der Waals surface area contributed by atoms with Crippen molar-refractivity contribution in [2.45, 2.75) is 69.9 Å². The van der Waals surface area contributed by atoms with E-state index in [-0.39, 0.29) is 12.1 Å². The van der Waals surface area contributed by atoms with Gasteiger partial charge in [-0.2, -0.15) is 0 Å². The molecular formula is C30H42N3O2+. The standard InChI is InChI=1S/C30H42N3O2/c1-30(27-13-5-4-6-14-27,32-18-7-2-3-8-19-32)29(34)35-28-24-33(21-15-26(28)16-22-33)20-10-12-25-11-9-17-31-23-25/h4-6,9,11,13-14,17,23,26,28H,2-3,7-8,10,12,15-16,18-22,24H2,1H3/q+1/t26?,28-,30?,33?/m1/s1. The number of ether oxygens (including phenoxy) is 1. The molecule has 188 valence electrons. The second kappa shape index (κ2) is 10.8. The van der Waals surface area contributed by atoms with E-state index in [0.29, 0.717) is 5.92 Å². The molecule has 6 rings (SSSR count). The van der Waals surface area contributed by atoms with E-state index in [4.69, 9.17) is 4.74 Å². The number of aryl methyl sites for hydroxylation is 1. The predicted molar refractivity (Wildman–Crippen MR) is 139 cm³/mol. The maximum atomic E-state index is 14.0. The number of hydrogen-bond donors (Lipinski definition) is 0. The van der Waals surface area contributed by atoms with Crippen molar-refractivity contribution in [2.24, 2.45) is 5.92 Å². The number of nitrogens with zero attached hydrogens (tertiary/aromatic N) is 3. The normalized spacial score (nSPS) is 28.7. The van der Waals surface area contributed by atoms with Gasteiger partial charge < -0.3 is 9.22 Å². The van der Waals surface area contributed by atoms with Crippen molar-refractivity contribution in [1.29, 1.82) is 0 Å². The number of esters is 1. The fraction of sp³-hybridized carbons (Fsp3) is 0.600. The Kier molecular flexibility index (Phi) is 7.54. The first-order valence-corrected chi connectivity index (χ1v) is 13.8. The molecular weight excluding hydrogens is 434 g/mol. The Hall–Kier alpha value is -2.24. The zero-order chi connectivity index (χ0) is 24.1. The highest BCUT2D eigenvalue weighted by atomic mass is 16.5. The van der Waals surface area contributed by atoms with Crippen molar-refractivity contribution in [3.8, 4) is 0 Å². The molecule has 1 aromatic carbocycles. The highest BCUT2D eigenvalue weighted by molar-refractivity contribution is 5.82. The van der Waals surface area contributed by atoms with E-state index in [0.717, 1.165) is 61.9 Å². The van der Waals surface area contributed by atoms with Gasteiger partial charge in [0.2, 0.25) is 0 Å². The van der Waals surface area contributed by atoms with Crippen LogP contribution in [0.25, 0.3) is 0 Å². The lowest BCUT2D eigenvalue weighted by atomic mass is 9.82. The summed E-state index contributed by atoms with van der Waals surface area (Å²) in [6.07, 6.45) is 13.3. The largest absolute Gasteiger partial charge is 0.454 e. The number of likely N-dealkylation sites (tertiary alicyclic amines) is 1. The molecule has 2 atom stereocenters. The quantitative estimate of drug-likeness (QED) is 0.399. The number of pyridine rings is 1. The number of rotatable bonds is 8. The van der Waals surface area contributed by atoms with Crippen molar-refractivity contribution < 1.29 is 14.0 Å². The van der Waals surface area contributed by atoms with E-state index in [2.05, 4.69) is 47.1 Å². The fourth-order valence-corrected chi connectivity index (χ4v) is 6.80. The smallest absolute Gasteiger partial charge is 0.331 e. The summed E-state index contributed by atoms with van der Waals surface area (Å²) in [5, 5.41) is 0. The molecule has 0 aliphatic carbocycles. The number of piperidine rings is 3. The molecule has 1 aromatic heterocycles. The molecule has 0 radical (unpaired) electrons. The van der Waals surface area contributed by atoms with Crippen LogP contribution in [0.4, 0.5) is 0 Å². The van der Waals surface area contributed by atoms with Crippen LogP contribution in [0.2, 0.25) is 0 Å². The van der Waals surface area contributed by atoms with Crippen LogP contribution in [-0.4, -0.2) is 65.7 Å². The third kappa shape index (κ3) is 5.31. The average molecular weight is 477 g/mol. The highest BCUT2D eigenvalue weighted by Gasteiger charge is 2.50. The summed E-state index contributed by atoms with van der Waals surface area (Å²) < 4.78 is 7.63. The van der Waals surface area contributed by atoms with Crippen molar-refractivity contribution in [1.82, 2.24) is 9.88 Å². The number of aromatic nitrogens is 1. The second-order valence-electron chi connectivity index (χ2n) is 11.3. The summed E-state index contributed by atoms with van der Waals surface area (Å²) in [6.45, 7) is 8.63. The van der Waals surface area contributed by atoms with Gasteiger partial charge in [-0.1, -0.05) is 49.2 Å². The first-order chi connectivity index (χ1) is 17.1. The molecule has 4 fully saturated rings. The van der Waals surface area contributed by atoms with Gasteiger partial charge in [0.1, 0.15) is 12.1 Å². The van der Waals surface area contributed by atoms with Crippen LogP contribution in [0.5, 0.6) is 0 Å². The van der Waals surface area contributed by atoms with E-state index < -0.39 is 5.54 Å². The predicted octanol–water partition coefficient (Wildman–Crippen LogP) is 4.96. The molecule has 4 aliphatic heterocycles. The minimum Gasteiger partial charge on any atom is -0.454 e. The van der Waals surface area contributed by atoms with Gasteiger partial charge >= 0.3 is 5.97 Å².